The predicted molar refractivity (Wildman–Crippen MR) is 123 cm³/mol. The van der Waals surface area contributed by atoms with Gasteiger partial charge in [0.2, 0.25) is 10.0 Å². The van der Waals surface area contributed by atoms with Crippen LogP contribution in [0.3, 0.4) is 0 Å². The third-order valence-electron chi connectivity index (χ3n) is 4.51. The van der Waals surface area contributed by atoms with Crippen LogP contribution in [-0.4, -0.2) is 26.1 Å². The summed E-state index contributed by atoms with van der Waals surface area (Å²) >= 11 is 6.02. The number of aliphatic imine (C=N–C) groups is 1. The smallest absolute Gasteiger partial charge is 0.320 e. The molecule has 5 N–H and O–H groups in total. The second-order valence-electron chi connectivity index (χ2n) is 6.80. The number of nitrogens with one attached hydrogen (secondary N) is 3. The van der Waals surface area contributed by atoms with Crippen LogP contribution in [0.2, 0.25) is 5.02 Å². The molecular weight excluding hydrogens is 454 g/mol. The molecule has 32 heavy (non-hydrogen) atoms. The van der Waals surface area contributed by atoms with Gasteiger partial charge in [0.05, 0.1) is 16.3 Å². The SMILES string of the molecule is NS(=O)(=O)c1ccc(NC(=O)Nc2ccc(N=C3C(=O)Nc4ccc(Cl)cc43)cc2)cc1. The Bertz CT molecular complexity index is 1350. The molecule has 1 heterocycles. The van der Waals surface area contributed by atoms with E-state index < -0.39 is 16.1 Å². The topological polar surface area (TPSA) is 143 Å². The molecule has 0 saturated carbocycles. The molecule has 3 aromatic rings. The van der Waals surface area contributed by atoms with Crippen molar-refractivity contribution in [1.82, 2.24) is 0 Å². The van der Waals surface area contributed by atoms with E-state index in [0.29, 0.717) is 33.3 Å². The highest BCUT2D eigenvalue weighted by molar-refractivity contribution is 7.89. The summed E-state index contributed by atoms with van der Waals surface area (Å²) in [5, 5.41) is 13.5. The van der Waals surface area contributed by atoms with E-state index in [4.69, 9.17) is 16.7 Å². The molecular formula is C21H16ClN5O4S. The van der Waals surface area contributed by atoms with Crippen LogP contribution in [0.1, 0.15) is 5.56 Å². The molecule has 9 nitrogen and oxygen atoms in total. The van der Waals surface area contributed by atoms with Crippen LogP contribution in [0.4, 0.5) is 27.5 Å². The summed E-state index contributed by atoms with van der Waals surface area (Å²) in [6, 6.07) is 16.6. The first-order chi connectivity index (χ1) is 15.2. The van der Waals surface area contributed by atoms with Gasteiger partial charge in [0, 0.05) is 22.0 Å². The number of primary sulfonamides is 1. The van der Waals surface area contributed by atoms with Crippen LogP contribution in [-0.2, 0) is 14.8 Å². The molecule has 3 aromatic carbocycles. The number of carbonyl (C=O) groups is 2. The van der Waals surface area contributed by atoms with Crippen molar-refractivity contribution in [3.63, 3.8) is 0 Å². The molecule has 1 aliphatic heterocycles. The highest BCUT2D eigenvalue weighted by atomic mass is 35.5. The zero-order valence-electron chi connectivity index (χ0n) is 16.3. The minimum absolute atomic E-state index is 0.0542. The van der Waals surface area contributed by atoms with E-state index in [0.717, 1.165) is 0 Å². The molecule has 4 rings (SSSR count). The summed E-state index contributed by atoms with van der Waals surface area (Å²) in [5.41, 5.74) is 2.92. The van der Waals surface area contributed by atoms with Gasteiger partial charge in [0.15, 0.2) is 0 Å². The second-order valence-corrected chi connectivity index (χ2v) is 8.80. The number of amides is 3. The number of halogens is 1. The predicted octanol–water partition coefficient (Wildman–Crippen LogP) is 3.70. The van der Waals surface area contributed by atoms with Gasteiger partial charge in [-0.05, 0) is 66.7 Å². The molecule has 0 saturated heterocycles. The highest BCUT2D eigenvalue weighted by Crippen LogP contribution is 2.28. The van der Waals surface area contributed by atoms with Crippen LogP contribution >= 0.6 is 11.6 Å². The van der Waals surface area contributed by atoms with Crippen molar-refractivity contribution in [3.8, 4) is 0 Å². The van der Waals surface area contributed by atoms with Gasteiger partial charge >= 0.3 is 6.03 Å². The first kappa shape index (κ1) is 21.5. The number of hydrogen-bond donors (Lipinski definition) is 4. The number of rotatable bonds is 4. The third kappa shape index (κ3) is 4.78. The zero-order chi connectivity index (χ0) is 22.9. The molecule has 0 bridgehead atoms. The number of carbonyl (C=O) groups excluding carboxylic acids is 2. The molecule has 0 atom stereocenters. The van der Waals surface area contributed by atoms with E-state index in [2.05, 4.69) is 20.9 Å². The van der Waals surface area contributed by atoms with Crippen molar-refractivity contribution in [2.24, 2.45) is 10.1 Å². The standard InChI is InChI=1S/C21H16ClN5O4S/c22-12-1-10-18-17(11-12)19(20(28)27-18)24-13-2-4-14(5-3-13)25-21(29)26-15-6-8-16(9-7-15)32(23,30)31/h1-11H,(H2,23,30,31)(H,24,27,28)(H2,25,26,29). The van der Waals surface area contributed by atoms with Gasteiger partial charge in [-0.15, -0.1) is 0 Å². The van der Waals surface area contributed by atoms with Gasteiger partial charge in [0.1, 0.15) is 5.71 Å². The number of urea groups is 1. The highest BCUT2D eigenvalue weighted by Gasteiger charge is 2.26. The van der Waals surface area contributed by atoms with Crippen molar-refractivity contribution in [2.75, 3.05) is 16.0 Å². The lowest BCUT2D eigenvalue weighted by Gasteiger charge is -2.08. The largest absolute Gasteiger partial charge is 0.323 e. The average Bonchev–Trinajstić information content (AvgIpc) is 3.03. The fraction of sp³-hybridized carbons (Fsp3) is 0. The van der Waals surface area contributed by atoms with Gasteiger partial charge in [-0.3, -0.25) is 4.79 Å². The normalized spacial score (nSPS) is 14.1. The maximum absolute atomic E-state index is 12.2. The fourth-order valence-corrected chi connectivity index (χ4v) is 3.69. The minimum atomic E-state index is -3.80. The molecule has 3 amide bonds. The van der Waals surface area contributed by atoms with Crippen LogP contribution in [0.15, 0.2) is 76.6 Å². The van der Waals surface area contributed by atoms with Crippen molar-refractivity contribution >= 4 is 62.0 Å². The Morgan fingerprint density at radius 2 is 1.53 bits per heavy atom. The van der Waals surface area contributed by atoms with E-state index in [1.165, 1.54) is 24.3 Å². The van der Waals surface area contributed by atoms with Crippen molar-refractivity contribution in [2.45, 2.75) is 4.90 Å². The van der Waals surface area contributed by atoms with E-state index in [9.17, 15) is 18.0 Å². The first-order valence-corrected chi connectivity index (χ1v) is 11.1. The van der Waals surface area contributed by atoms with E-state index in [1.807, 2.05) is 0 Å². The Kier molecular flexibility index (Phi) is 5.66. The Morgan fingerprint density at radius 1 is 0.938 bits per heavy atom. The van der Waals surface area contributed by atoms with Crippen LogP contribution in [0, 0.1) is 0 Å². The molecule has 0 unspecified atom stereocenters. The quantitative estimate of drug-likeness (QED) is 0.461. The van der Waals surface area contributed by atoms with E-state index in [-0.39, 0.29) is 16.5 Å². The van der Waals surface area contributed by atoms with Gasteiger partial charge in [-0.1, -0.05) is 11.6 Å². The molecule has 1 aliphatic rings. The summed E-state index contributed by atoms with van der Waals surface area (Å²) in [7, 11) is -3.80. The molecule has 0 aliphatic carbocycles. The van der Waals surface area contributed by atoms with Crippen LogP contribution < -0.4 is 21.1 Å². The number of nitrogens with two attached hydrogens (primary N) is 1. The Morgan fingerprint density at radius 3 is 2.12 bits per heavy atom. The zero-order valence-corrected chi connectivity index (χ0v) is 17.9. The van der Waals surface area contributed by atoms with Gasteiger partial charge in [0.25, 0.3) is 5.91 Å². The summed E-state index contributed by atoms with van der Waals surface area (Å²) < 4.78 is 22.6. The minimum Gasteiger partial charge on any atom is -0.320 e. The molecule has 0 aromatic heterocycles. The van der Waals surface area contributed by atoms with E-state index in [1.54, 1.807) is 42.5 Å². The maximum Gasteiger partial charge on any atom is 0.323 e. The van der Waals surface area contributed by atoms with Gasteiger partial charge < -0.3 is 16.0 Å². The number of nitrogens with zero attached hydrogens (tertiary/aromatic N) is 1. The molecule has 11 heteroatoms. The number of anilines is 3. The molecule has 0 spiro atoms. The van der Waals surface area contributed by atoms with Crippen LogP contribution in [0.5, 0.6) is 0 Å². The van der Waals surface area contributed by atoms with Crippen molar-refractivity contribution < 1.29 is 18.0 Å². The third-order valence-corrected chi connectivity index (χ3v) is 5.67. The second kappa shape index (κ2) is 8.42. The lowest BCUT2D eigenvalue weighted by molar-refractivity contribution is -0.110. The average molecular weight is 470 g/mol. The lowest BCUT2D eigenvalue weighted by Crippen LogP contribution is -2.19. The maximum atomic E-state index is 12.2. The number of fused-ring (bicyclic) bond motifs is 1. The van der Waals surface area contributed by atoms with Crippen molar-refractivity contribution in [1.29, 1.82) is 0 Å². The molecule has 162 valence electrons. The van der Waals surface area contributed by atoms with E-state index >= 15 is 0 Å². The summed E-state index contributed by atoms with van der Waals surface area (Å²) in [5.74, 6) is -0.322. The fourth-order valence-electron chi connectivity index (χ4n) is 3.01. The summed E-state index contributed by atoms with van der Waals surface area (Å²) in [6.07, 6.45) is 0. The molecule has 0 radical (unpaired) electrons. The van der Waals surface area contributed by atoms with Crippen molar-refractivity contribution in [3.05, 3.63) is 77.3 Å². The number of hydrogen-bond acceptors (Lipinski definition) is 5. The Labute approximate surface area is 188 Å². The summed E-state index contributed by atoms with van der Waals surface area (Å²) in [4.78, 5) is 28.7. The van der Waals surface area contributed by atoms with Crippen LogP contribution in [0.25, 0.3) is 0 Å². The Hall–Kier alpha value is -3.73. The molecule has 0 fully saturated rings. The lowest BCUT2D eigenvalue weighted by atomic mass is 10.1. The summed E-state index contributed by atoms with van der Waals surface area (Å²) in [6.45, 7) is 0. The number of benzene rings is 3. The monoisotopic (exact) mass is 469 g/mol. The Balaban J connectivity index is 1.43. The number of sulfonamides is 1. The van der Waals surface area contributed by atoms with Gasteiger partial charge in [-0.25, -0.2) is 23.3 Å². The first-order valence-electron chi connectivity index (χ1n) is 9.20. The van der Waals surface area contributed by atoms with Gasteiger partial charge in [-0.2, -0.15) is 0 Å².